The highest BCUT2D eigenvalue weighted by Gasteiger charge is 2.52. The van der Waals surface area contributed by atoms with Gasteiger partial charge in [0.15, 0.2) is 0 Å². The van der Waals surface area contributed by atoms with Crippen LogP contribution in [0.2, 0.25) is 0 Å². The fraction of sp³-hybridized carbons (Fsp3) is 0.0612. The summed E-state index contributed by atoms with van der Waals surface area (Å²) < 4.78 is 0. The van der Waals surface area contributed by atoms with Crippen molar-refractivity contribution in [1.29, 1.82) is 0 Å². The lowest BCUT2D eigenvalue weighted by molar-refractivity contribution is 0.792. The molecule has 3 aliphatic rings. The molecule has 10 rings (SSSR count). The summed E-state index contributed by atoms with van der Waals surface area (Å²) in [6, 6.07) is 64.8. The minimum absolute atomic E-state index is 0.336. The molecule has 7 aromatic carbocycles. The summed E-state index contributed by atoms with van der Waals surface area (Å²) in [5, 5.41) is 0. The highest BCUT2D eigenvalue weighted by atomic mass is 15.1. The van der Waals surface area contributed by atoms with Crippen molar-refractivity contribution in [2.45, 2.75) is 18.3 Å². The smallest absolute Gasteiger partial charge is 0.0725 e. The molecule has 3 aliphatic carbocycles. The fourth-order valence-corrected chi connectivity index (χ4v) is 8.85. The van der Waals surface area contributed by atoms with E-state index in [4.69, 9.17) is 0 Å². The van der Waals surface area contributed by atoms with E-state index < -0.39 is 0 Å². The molecular weight excluding hydrogens is 603 g/mol. The van der Waals surface area contributed by atoms with E-state index in [1.807, 2.05) is 0 Å². The van der Waals surface area contributed by atoms with Crippen LogP contribution < -0.4 is 4.90 Å². The van der Waals surface area contributed by atoms with Gasteiger partial charge in [0.25, 0.3) is 0 Å². The van der Waals surface area contributed by atoms with Gasteiger partial charge in [0, 0.05) is 17.1 Å². The third-order valence-electron chi connectivity index (χ3n) is 11.0. The van der Waals surface area contributed by atoms with Crippen LogP contribution in [-0.2, 0) is 5.41 Å². The van der Waals surface area contributed by atoms with Gasteiger partial charge in [-0.15, -0.1) is 0 Å². The Morgan fingerprint density at radius 3 is 1.46 bits per heavy atom. The van der Waals surface area contributed by atoms with E-state index in [0.717, 1.165) is 12.8 Å². The molecule has 0 unspecified atom stereocenters. The Hall–Kier alpha value is -6.18. The number of anilines is 2. The van der Waals surface area contributed by atoms with Gasteiger partial charge in [-0.1, -0.05) is 158 Å². The fourth-order valence-electron chi connectivity index (χ4n) is 8.85. The van der Waals surface area contributed by atoms with Crippen molar-refractivity contribution in [1.82, 2.24) is 0 Å². The Labute approximate surface area is 294 Å². The highest BCUT2D eigenvalue weighted by molar-refractivity contribution is 5.98. The van der Waals surface area contributed by atoms with E-state index in [1.165, 1.54) is 83.8 Å². The standard InChI is InChI=1S/C49H35N/c1-3-12-34(13-4-1)36-22-28-39(29-23-36)50(40-30-24-37(25-31-40)35-14-5-2-6-15-35)41-32-26-38(27-33-41)49-46-20-9-7-16-42(46)44-18-11-19-45(48(44)49)43-17-8-10-21-47(43)49/h1-24,26-30,32-33H,25,31H2. The van der Waals surface area contributed by atoms with Crippen LogP contribution >= 0.6 is 0 Å². The van der Waals surface area contributed by atoms with Gasteiger partial charge in [-0.05, 0) is 110 Å². The Morgan fingerprint density at radius 2 is 0.880 bits per heavy atom. The SMILES string of the molecule is C1=C(c2ccccc2)CCC(N(c2ccc(-c3ccccc3)cc2)c2ccc(C34c5ccccc5-c5cccc(c53)-c3ccccc34)cc2)=C1. The summed E-state index contributed by atoms with van der Waals surface area (Å²) >= 11 is 0. The van der Waals surface area contributed by atoms with Gasteiger partial charge in [0.1, 0.15) is 0 Å². The number of hydrogen-bond donors (Lipinski definition) is 0. The molecule has 1 heteroatoms. The number of nitrogens with zero attached hydrogens (tertiary/aromatic N) is 1. The molecule has 0 fully saturated rings. The van der Waals surface area contributed by atoms with Gasteiger partial charge in [-0.3, -0.25) is 0 Å². The zero-order valence-corrected chi connectivity index (χ0v) is 27.8. The molecule has 0 radical (unpaired) electrons. The van der Waals surface area contributed by atoms with Crippen molar-refractivity contribution in [3.8, 4) is 33.4 Å². The van der Waals surface area contributed by atoms with Crippen LogP contribution in [0, 0.1) is 0 Å². The summed E-state index contributed by atoms with van der Waals surface area (Å²) in [6.07, 6.45) is 6.61. The molecule has 236 valence electrons. The molecule has 0 N–H and O–H groups in total. The maximum absolute atomic E-state index is 2.46. The van der Waals surface area contributed by atoms with Crippen LogP contribution in [-0.4, -0.2) is 0 Å². The van der Waals surface area contributed by atoms with Crippen LogP contribution in [0.4, 0.5) is 11.4 Å². The van der Waals surface area contributed by atoms with Crippen LogP contribution in [0.1, 0.15) is 40.7 Å². The summed E-state index contributed by atoms with van der Waals surface area (Å²) in [4.78, 5) is 2.46. The molecule has 50 heavy (non-hydrogen) atoms. The molecule has 0 heterocycles. The zero-order chi connectivity index (χ0) is 33.1. The minimum atomic E-state index is -0.336. The second-order valence-corrected chi connectivity index (χ2v) is 13.6. The highest BCUT2D eigenvalue weighted by Crippen LogP contribution is 2.64. The second kappa shape index (κ2) is 11.5. The van der Waals surface area contributed by atoms with Gasteiger partial charge >= 0.3 is 0 Å². The largest absolute Gasteiger partial charge is 0.314 e. The predicted molar refractivity (Wildman–Crippen MR) is 208 cm³/mol. The number of benzene rings is 7. The maximum atomic E-state index is 2.46. The molecule has 7 aromatic rings. The molecule has 0 aliphatic heterocycles. The van der Waals surface area contributed by atoms with Gasteiger partial charge in [-0.25, -0.2) is 0 Å². The monoisotopic (exact) mass is 637 g/mol. The predicted octanol–water partition coefficient (Wildman–Crippen LogP) is 12.6. The third kappa shape index (κ3) is 4.27. The quantitative estimate of drug-likeness (QED) is 0.175. The van der Waals surface area contributed by atoms with Crippen LogP contribution in [0.3, 0.4) is 0 Å². The minimum Gasteiger partial charge on any atom is -0.314 e. The Bertz CT molecular complexity index is 2380. The van der Waals surface area contributed by atoms with E-state index in [2.05, 4.69) is 193 Å². The Balaban J connectivity index is 1.11. The average molecular weight is 638 g/mol. The van der Waals surface area contributed by atoms with Crippen molar-refractivity contribution in [2.75, 3.05) is 4.90 Å². The maximum Gasteiger partial charge on any atom is 0.0725 e. The van der Waals surface area contributed by atoms with E-state index in [1.54, 1.807) is 0 Å². The number of hydrogen-bond acceptors (Lipinski definition) is 1. The molecule has 0 saturated carbocycles. The molecule has 0 bridgehead atoms. The van der Waals surface area contributed by atoms with Gasteiger partial charge in [-0.2, -0.15) is 0 Å². The van der Waals surface area contributed by atoms with Gasteiger partial charge in [0.2, 0.25) is 0 Å². The first-order valence-electron chi connectivity index (χ1n) is 17.7. The normalized spacial score (nSPS) is 14.6. The third-order valence-corrected chi connectivity index (χ3v) is 11.0. The van der Waals surface area contributed by atoms with E-state index in [0.29, 0.717) is 0 Å². The van der Waals surface area contributed by atoms with Crippen molar-refractivity contribution >= 4 is 16.9 Å². The van der Waals surface area contributed by atoms with Gasteiger partial charge < -0.3 is 4.90 Å². The van der Waals surface area contributed by atoms with Crippen LogP contribution in [0.25, 0.3) is 39.0 Å². The Morgan fingerprint density at radius 1 is 0.380 bits per heavy atom. The van der Waals surface area contributed by atoms with Crippen molar-refractivity contribution in [2.24, 2.45) is 0 Å². The van der Waals surface area contributed by atoms with E-state index in [9.17, 15) is 0 Å². The van der Waals surface area contributed by atoms with E-state index >= 15 is 0 Å². The lowest BCUT2D eigenvalue weighted by atomic mass is 9.70. The average Bonchev–Trinajstić information content (AvgIpc) is 3.68. The van der Waals surface area contributed by atoms with Crippen molar-refractivity contribution in [3.05, 3.63) is 222 Å². The Kier molecular flexibility index (Phi) is 6.60. The number of rotatable bonds is 6. The summed E-state index contributed by atoms with van der Waals surface area (Å²) in [7, 11) is 0. The molecule has 0 saturated heterocycles. The molecule has 0 spiro atoms. The second-order valence-electron chi connectivity index (χ2n) is 13.6. The first-order valence-corrected chi connectivity index (χ1v) is 17.7. The molecular formula is C49H35N. The number of fused-ring (bicyclic) bond motifs is 6. The topological polar surface area (TPSA) is 3.24 Å². The molecule has 0 amide bonds. The molecule has 0 aromatic heterocycles. The van der Waals surface area contributed by atoms with Gasteiger partial charge in [0.05, 0.1) is 5.41 Å². The summed E-state index contributed by atoms with van der Waals surface area (Å²) in [5.74, 6) is 0. The van der Waals surface area contributed by atoms with Crippen LogP contribution in [0.15, 0.2) is 194 Å². The zero-order valence-electron chi connectivity index (χ0n) is 27.8. The first kappa shape index (κ1) is 28.8. The van der Waals surface area contributed by atoms with Crippen molar-refractivity contribution < 1.29 is 0 Å². The van der Waals surface area contributed by atoms with E-state index in [-0.39, 0.29) is 5.41 Å². The summed E-state index contributed by atoms with van der Waals surface area (Å²) in [5.41, 5.74) is 19.3. The lowest BCUT2D eigenvalue weighted by Crippen LogP contribution is -2.26. The van der Waals surface area contributed by atoms with Crippen LogP contribution in [0.5, 0.6) is 0 Å². The number of allylic oxidation sites excluding steroid dienone is 4. The summed E-state index contributed by atoms with van der Waals surface area (Å²) in [6.45, 7) is 0. The molecule has 0 atom stereocenters. The first-order chi connectivity index (χ1) is 24.8. The lowest BCUT2D eigenvalue weighted by Gasteiger charge is -2.33. The molecule has 1 nitrogen and oxygen atoms in total. The van der Waals surface area contributed by atoms with Crippen molar-refractivity contribution in [3.63, 3.8) is 0 Å².